The van der Waals surface area contributed by atoms with Gasteiger partial charge in [-0.25, -0.2) is 4.79 Å². The van der Waals surface area contributed by atoms with Crippen molar-refractivity contribution in [3.63, 3.8) is 0 Å². The largest absolute Gasteiger partial charge is 0.445 e. The van der Waals surface area contributed by atoms with Crippen LogP contribution < -0.4 is 5.32 Å². The Morgan fingerprint density at radius 1 is 1.07 bits per heavy atom. The van der Waals surface area contributed by atoms with Crippen LogP contribution in [0.4, 0.5) is 4.79 Å². The Hall–Kier alpha value is -3.26. The van der Waals surface area contributed by atoms with Crippen LogP contribution in [0.1, 0.15) is 34.3 Å². The van der Waals surface area contributed by atoms with Gasteiger partial charge in [0.1, 0.15) is 6.61 Å². The van der Waals surface area contributed by atoms with E-state index in [4.69, 9.17) is 11.2 Å². The molecule has 2 aromatic carbocycles. The molecule has 1 fully saturated rings. The van der Waals surface area contributed by atoms with E-state index in [2.05, 4.69) is 11.2 Å². The number of amides is 2. The first-order chi connectivity index (χ1) is 13.2. The number of benzene rings is 2. The minimum absolute atomic E-state index is 0.0153. The average Bonchev–Trinajstić information content (AvgIpc) is 2.73. The molecule has 1 heterocycles. The minimum atomic E-state index is -0.318. The van der Waals surface area contributed by atoms with E-state index in [1.807, 2.05) is 36.4 Å². The summed E-state index contributed by atoms with van der Waals surface area (Å²) in [5.41, 5.74) is 2.04. The number of carbonyl (C=O) groups is 2. The van der Waals surface area contributed by atoms with Crippen LogP contribution >= 0.6 is 0 Å². The van der Waals surface area contributed by atoms with Crippen molar-refractivity contribution in [2.24, 2.45) is 0 Å². The number of piperidine rings is 1. The Bertz CT molecular complexity index is 834. The molecule has 0 aliphatic carbocycles. The maximum atomic E-state index is 12.5. The fraction of sp³-hybridized carbons (Fsp3) is 0.273. The number of carbonyl (C=O) groups excluding carboxylic acids is 2. The lowest BCUT2D eigenvalue weighted by Crippen LogP contribution is -2.46. The van der Waals surface area contributed by atoms with Gasteiger partial charge in [-0.15, -0.1) is 6.42 Å². The van der Waals surface area contributed by atoms with E-state index in [9.17, 15) is 9.59 Å². The number of nitrogens with one attached hydrogen (secondary N) is 1. The molecule has 27 heavy (non-hydrogen) atoms. The lowest BCUT2D eigenvalue weighted by molar-refractivity contribution is 0.0809. The van der Waals surface area contributed by atoms with Crippen molar-refractivity contribution in [1.82, 2.24) is 10.2 Å². The van der Waals surface area contributed by atoms with Crippen molar-refractivity contribution in [2.75, 3.05) is 13.1 Å². The highest BCUT2D eigenvalue weighted by atomic mass is 16.6. The molecular formula is C22H22N2O3. The summed E-state index contributed by atoms with van der Waals surface area (Å²) in [6.07, 6.45) is 6.51. The van der Waals surface area contributed by atoms with Crippen molar-refractivity contribution in [3.8, 4) is 12.3 Å². The zero-order valence-electron chi connectivity index (χ0n) is 15.1. The summed E-state index contributed by atoms with van der Waals surface area (Å²) in [7, 11) is 0. The van der Waals surface area contributed by atoms with Gasteiger partial charge < -0.3 is 15.0 Å². The smallest absolute Gasteiger partial charge is 0.410 e. The van der Waals surface area contributed by atoms with Gasteiger partial charge in [0.2, 0.25) is 0 Å². The topological polar surface area (TPSA) is 58.6 Å². The van der Waals surface area contributed by atoms with Crippen molar-refractivity contribution in [3.05, 3.63) is 71.3 Å². The highest BCUT2D eigenvalue weighted by Gasteiger charge is 2.25. The molecule has 1 saturated heterocycles. The monoisotopic (exact) mass is 362 g/mol. The molecule has 2 amide bonds. The summed E-state index contributed by atoms with van der Waals surface area (Å²) in [6, 6.07) is 16.7. The van der Waals surface area contributed by atoms with Crippen LogP contribution in [0.3, 0.4) is 0 Å². The third kappa shape index (κ3) is 4.89. The van der Waals surface area contributed by atoms with Gasteiger partial charge in [0, 0.05) is 24.7 Å². The molecule has 5 heteroatoms. The van der Waals surface area contributed by atoms with E-state index in [1.54, 1.807) is 23.1 Å². The number of nitrogens with zero attached hydrogens (tertiary/aromatic N) is 1. The first-order valence-electron chi connectivity index (χ1n) is 8.99. The normalized spacial score (nSPS) is 14.3. The Morgan fingerprint density at radius 3 is 2.44 bits per heavy atom. The minimum Gasteiger partial charge on any atom is -0.445 e. The molecule has 0 spiro atoms. The standard InChI is InChI=1S/C22H22N2O3/c1-2-18-10-6-7-11-20(18)21(25)23-19-12-14-24(15-13-19)22(26)27-16-17-8-4-3-5-9-17/h1,3-11,19H,12-16H2,(H,23,25). The molecule has 0 atom stereocenters. The second-order valence-corrected chi connectivity index (χ2v) is 6.46. The first kappa shape index (κ1) is 18.5. The zero-order valence-corrected chi connectivity index (χ0v) is 15.1. The molecule has 2 aromatic rings. The molecule has 5 nitrogen and oxygen atoms in total. The number of terminal acetylenes is 1. The molecule has 3 rings (SSSR count). The maximum absolute atomic E-state index is 12.5. The van der Waals surface area contributed by atoms with Gasteiger partial charge in [-0.05, 0) is 30.5 Å². The molecule has 0 bridgehead atoms. The van der Waals surface area contributed by atoms with Crippen molar-refractivity contribution in [1.29, 1.82) is 0 Å². The second-order valence-electron chi connectivity index (χ2n) is 6.46. The lowest BCUT2D eigenvalue weighted by Gasteiger charge is -2.31. The van der Waals surface area contributed by atoms with Crippen molar-refractivity contribution < 1.29 is 14.3 Å². The van der Waals surface area contributed by atoms with E-state index in [1.165, 1.54) is 0 Å². The Labute approximate surface area is 159 Å². The molecule has 138 valence electrons. The van der Waals surface area contributed by atoms with E-state index in [0.717, 1.165) is 5.56 Å². The summed E-state index contributed by atoms with van der Waals surface area (Å²) in [5, 5.41) is 3.01. The highest BCUT2D eigenvalue weighted by Crippen LogP contribution is 2.14. The van der Waals surface area contributed by atoms with E-state index in [-0.39, 0.29) is 24.6 Å². The SMILES string of the molecule is C#Cc1ccccc1C(=O)NC1CCN(C(=O)OCc2ccccc2)CC1. The fourth-order valence-corrected chi connectivity index (χ4v) is 3.09. The Balaban J connectivity index is 1.46. The number of hydrogen-bond donors (Lipinski definition) is 1. The number of ether oxygens (including phenoxy) is 1. The summed E-state index contributed by atoms with van der Waals surface area (Å²) in [6.45, 7) is 1.37. The quantitative estimate of drug-likeness (QED) is 0.850. The van der Waals surface area contributed by atoms with Gasteiger partial charge in [-0.1, -0.05) is 48.4 Å². The van der Waals surface area contributed by atoms with Gasteiger partial charge in [-0.2, -0.15) is 0 Å². The molecular weight excluding hydrogens is 340 g/mol. The van der Waals surface area contributed by atoms with Gasteiger partial charge in [-0.3, -0.25) is 4.79 Å². The summed E-state index contributed by atoms with van der Waals surface area (Å²) in [5.74, 6) is 2.36. The molecule has 0 saturated carbocycles. The third-order valence-electron chi connectivity index (χ3n) is 4.62. The first-order valence-corrected chi connectivity index (χ1v) is 8.99. The van der Waals surface area contributed by atoms with Crippen LogP contribution in [-0.2, 0) is 11.3 Å². The number of likely N-dealkylation sites (tertiary alicyclic amines) is 1. The lowest BCUT2D eigenvalue weighted by atomic mass is 10.0. The average molecular weight is 362 g/mol. The Kier molecular flexibility index (Phi) is 6.11. The van der Waals surface area contributed by atoms with E-state index < -0.39 is 0 Å². The van der Waals surface area contributed by atoms with Crippen molar-refractivity contribution >= 4 is 12.0 Å². The molecule has 1 aliphatic rings. The van der Waals surface area contributed by atoms with Crippen LogP contribution in [0, 0.1) is 12.3 Å². The molecule has 1 aliphatic heterocycles. The van der Waals surface area contributed by atoms with Crippen LogP contribution in [-0.4, -0.2) is 36.0 Å². The third-order valence-corrected chi connectivity index (χ3v) is 4.62. The van der Waals surface area contributed by atoms with Crippen LogP contribution in [0.2, 0.25) is 0 Å². The van der Waals surface area contributed by atoms with Crippen LogP contribution in [0.25, 0.3) is 0 Å². The van der Waals surface area contributed by atoms with Gasteiger partial charge in [0.05, 0.1) is 5.56 Å². The second kappa shape index (κ2) is 8.91. The summed E-state index contributed by atoms with van der Waals surface area (Å²) < 4.78 is 5.36. The number of hydrogen-bond acceptors (Lipinski definition) is 3. The number of rotatable bonds is 4. The van der Waals surface area contributed by atoms with Crippen LogP contribution in [0.15, 0.2) is 54.6 Å². The highest BCUT2D eigenvalue weighted by molar-refractivity contribution is 5.96. The summed E-state index contributed by atoms with van der Waals surface area (Å²) in [4.78, 5) is 26.3. The van der Waals surface area contributed by atoms with E-state index >= 15 is 0 Å². The predicted octanol–water partition coefficient (Wildman–Crippen LogP) is 3.20. The Morgan fingerprint density at radius 2 is 1.74 bits per heavy atom. The van der Waals surface area contributed by atoms with Gasteiger partial charge in [0.25, 0.3) is 5.91 Å². The molecule has 0 unspecified atom stereocenters. The molecule has 1 N–H and O–H groups in total. The van der Waals surface area contributed by atoms with Gasteiger partial charge >= 0.3 is 6.09 Å². The van der Waals surface area contributed by atoms with Crippen molar-refractivity contribution in [2.45, 2.75) is 25.5 Å². The van der Waals surface area contributed by atoms with E-state index in [0.29, 0.717) is 37.1 Å². The summed E-state index contributed by atoms with van der Waals surface area (Å²) >= 11 is 0. The van der Waals surface area contributed by atoms with Gasteiger partial charge in [0.15, 0.2) is 0 Å². The zero-order chi connectivity index (χ0) is 19.1. The van der Waals surface area contributed by atoms with Crippen LogP contribution in [0.5, 0.6) is 0 Å². The molecule has 0 aromatic heterocycles. The maximum Gasteiger partial charge on any atom is 0.410 e. The fourth-order valence-electron chi connectivity index (χ4n) is 3.09. The molecule has 0 radical (unpaired) electrons. The predicted molar refractivity (Wildman–Crippen MR) is 103 cm³/mol.